The van der Waals surface area contributed by atoms with Gasteiger partial charge in [-0.1, -0.05) is 12.1 Å². The Morgan fingerprint density at radius 3 is 2.37 bits per heavy atom. The van der Waals surface area contributed by atoms with Crippen LogP contribution in [0.15, 0.2) is 42.6 Å². The third kappa shape index (κ3) is 3.58. The van der Waals surface area contributed by atoms with Crippen molar-refractivity contribution in [3.05, 3.63) is 53.7 Å². The van der Waals surface area contributed by atoms with Gasteiger partial charge in [0.25, 0.3) is 0 Å². The Bertz CT molecular complexity index is 1090. The third-order valence-electron chi connectivity index (χ3n) is 5.48. The quantitative estimate of drug-likeness (QED) is 0.699. The summed E-state index contributed by atoms with van der Waals surface area (Å²) in [5, 5.41) is 14.8. The Hall–Kier alpha value is -3.50. The predicted molar refractivity (Wildman–Crippen MR) is 116 cm³/mol. The maximum absolute atomic E-state index is 9.56. The second kappa shape index (κ2) is 8.47. The van der Waals surface area contributed by atoms with Crippen LogP contribution in [0.5, 0.6) is 17.2 Å². The molecule has 0 spiro atoms. The van der Waals surface area contributed by atoms with E-state index in [4.69, 9.17) is 14.2 Å². The molecule has 1 fully saturated rings. The highest BCUT2D eigenvalue weighted by Crippen LogP contribution is 2.38. The average Bonchev–Trinajstić information content (AvgIpc) is 2.82. The van der Waals surface area contributed by atoms with E-state index >= 15 is 0 Å². The molecule has 2 aromatic carbocycles. The third-order valence-corrected chi connectivity index (χ3v) is 5.48. The summed E-state index contributed by atoms with van der Waals surface area (Å²) in [6.45, 7) is 2.40. The van der Waals surface area contributed by atoms with Crippen molar-refractivity contribution in [3.63, 3.8) is 0 Å². The number of fused-ring (bicyclic) bond motifs is 1. The number of anilines is 1. The number of hydrogen-bond acceptors (Lipinski definition) is 7. The molecule has 3 aromatic rings. The maximum Gasteiger partial charge on any atom is 0.161 e. The summed E-state index contributed by atoms with van der Waals surface area (Å²) in [5.74, 6) is 2.89. The van der Waals surface area contributed by atoms with E-state index in [1.807, 2.05) is 24.3 Å². The number of benzene rings is 2. The van der Waals surface area contributed by atoms with Gasteiger partial charge in [0.1, 0.15) is 17.6 Å². The van der Waals surface area contributed by atoms with Gasteiger partial charge in [-0.3, -0.25) is 0 Å². The summed E-state index contributed by atoms with van der Waals surface area (Å²) in [6.07, 6.45) is 1.63. The molecule has 0 bridgehead atoms. The van der Waals surface area contributed by atoms with Crippen LogP contribution in [0.2, 0.25) is 0 Å². The first-order valence-corrected chi connectivity index (χ1v) is 9.75. The van der Waals surface area contributed by atoms with E-state index in [1.165, 1.54) is 5.56 Å². The van der Waals surface area contributed by atoms with Crippen molar-refractivity contribution in [2.24, 2.45) is 0 Å². The van der Waals surface area contributed by atoms with Crippen LogP contribution >= 0.6 is 0 Å². The first-order chi connectivity index (χ1) is 14.7. The van der Waals surface area contributed by atoms with Crippen molar-refractivity contribution in [2.75, 3.05) is 45.9 Å². The summed E-state index contributed by atoms with van der Waals surface area (Å²) >= 11 is 0. The molecule has 7 nitrogen and oxygen atoms in total. The highest BCUT2D eigenvalue weighted by Gasteiger charge is 2.24. The second-order valence-electron chi connectivity index (χ2n) is 7.09. The fourth-order valence-electron chi connectivity index (χ4n) is 3.89. The van der Waals surface area contributed by atoms with E-state index in [0.29, 0.717) is 17.1 Å². The predicted octanol–water partition coefficient (Wildman–Crippen LogP) is 3.28. The second-order valence-corrected chi connectivity index (χ2v) is 7.09. The van der Waals surface area contributed by atoms with Gasteiger partial charge in [0, 0.05) is 42.6 Å². The zero-order chi connectivity index (χ0) is 21.1. The van der Waals surface area contributed by atoms with Crippen LogP contribution in [0.25, 0.3) is 10.8 Å². The minimum Gasteiger partial charge on any atom is -0.497 e. The van der Waals surface area contributed by atoms with Gasteiger partial charge < -0.3 is 24.4 Å². The van der Waals surface area contributed by atoms with Crippen LogP contribution in [0, 0.1) is 11.3 Å². The molecule has 1 aromatic heterocycles. The summed E-state index contributed by atoms with van der Waals surface area (Å²) in [7, 11) is 4.86. The number of rotatable bonds is 5. The number of methoxy groups -OCH3 is 3. The van der Waals surface area contributed by atoms with E-state index in [1.54, 1.807) is 27.5 Å². The SMILES string of the molecule is COc1ccc(C2CN(c3ncc(C#N)c4cc(OC)c(OC)cc34)CCN2)cc1. The molecule has 0 radical (unpaired) electrons. The van der Waals surface area contributed by atoms with Crippen molar-refractivity contribution in [1.82, 2.24) is 10.3 Å². The van der Waals surface area contributed by atoms with Crippen molar-refractivity contribution in [2.45, 2.75) is 6.04 Å². The molecule has 1 aliphatic rings. The van der Waals surface area contributed by atoms with Crippen LogP contribution < -0.4 is 24.4 Å². The van der Waals surface area contributed by atoms with E-state index in [0.717, 1.165) is 42.0 Å². The molecule has 1 unspecified atom stereocenters. The Kier molecular flexibility index (Phi) is 5.59. The molecule has 0 saturated carbocycles. The molecule has 154 valence electrons. The van der Waals surface area contributed by atoms with Gasteiger partial charge in [-0.05, 0) is 29.8 Å². The monoisotopic (exact) mass is 404 g/mol. The Balaban J connectivity index is 1.73. The van der Waals surface area contributed by atoms with Gasteiger partial charge in [-0.2, -0.15) is 5.26 Å². The maximum atomic E-state index is 9.56. The Morgan fingerprint density at radius 1 is 1.03 bits per heavy atom. The number of nitrogens with zero attached hydrogens (tertiary/aromatic N) is 3. The molecule has 1 aliphatic heterocycles. The fourth-order valence-corrected chi connectivity index (χ4v) is 3.89. The van der Waals surface area contributed by atoms with Crippen molar-refractivity contribution in [3.8, 4) is 23.3 Å². The number of nitrogens with one attached hydrogen (secondary N) is 1. The Morgan fingerprint density at radius 2 is 1.73 bits per heavy atom. The van der Waals surface area contributed by atoms with Gasteiger partial charge in [0.05, 0.1) is 26.9 Å². The van der Waals surface area contributed by atoms with Crippen molar-refractivity contribution in [1.29, 1.82) is 5.26 Å². The zero-order valence-electron chi connectivity index (χ0n) is 17.3. The molecule has 7 heteroatoms. The highest BCUT2D eigenvalue weighted by atomic mass is 16.5. The zero-order valence-corrected chi connectivity index (χ0v) is 17.3. The van der Waals surface area contributed by atoms with E-state index in [2.05, 4.69) is 33.4 Å². The first-order valence-electron chi connectivity index (χ1n) is 9.75. The van der Waals surface area contributed by atoms with Crippen LogP contribution in [0.1, 0.15) is 17.2 Å². The van der Waals surface area contributed by atoms with Crippen LogP contribution in [-0.2, 0) is 0 Å². The molecule has 1 atom stereocenters. The van der Waals surface area contributed by atoms with Gasteiger partial charge in [-0.25, -0.2) is 4.98 Å². The van der Waals surface area contributed by atoms with Gasteiger partial charge in [0.2, 0.25) is 0 Å². The fraction of sp³-hybridized carbons (Fsp3) is 0.304. The van der Waals surface area contributed by atoms with E-state index < -0.39 is 0 Å². The Labute approximate surface area is 175 Å². The standard InChI is InChI=1S/C23H24N4O3/c1-28-17-6-4-15(5-7-17)20-14-27(9-8-25-20)23-19-11-22(30-3)21(29-2)10-18(19)16(12-24)13-26-23/h4-7,10-11,13,20,25H,8-9,14H2,1-3H3. The highest BCUT2D eigenvalue weighted by molar-refractivity contribution is 5.98. The normalized spacial score (nSPS) is 16.2. The van der Waals surface area contributed by atoms with Gasteiger partial charge in [0.15, 0.2) is 11.5 Å². The summed E-state index contributed by atoms with van der Waals surface area (Å²) in [5.41, 5.74) is 1.70. The summed E-state index contributed by atoms with van der Waals surface area (Å²) < 4.78 is 16.2. The minimum absolute atomic E-state index is 0.164. The number of nitriles is 1. The lowest BCUT2D eigenvalue weighted by molar-refractivity contribution is 0.356. The largest absolute Gasteiger partial charge is 0.497 e. The van der Waals surface area contributed by atoms with E-state index in [-0.39, 0.29) is 6.04 Å². The smallest absolute Gasteiger partial charge is 0.161 e. The number of piperazine rings is 1. The number of pyridine rings is 1. The van der Waals surface area contributed by atoms with Crippen LogP contribution in [0.4, 0.5) is 5.82 Å². The van der Waals surface area contributed by atoms with Crippen LogP contribution in [-0.4, -0.2) is 45.9 Å². The number of aromatic nitrogens is 1. The van der Waals surface area contributed by atoms with Crippen molar-refractivity contribution < 1.29 is 14.2 Å². The molecule has 2 heterocycles. The number of hydrogen-bond donors (Lipinski definition) is 1. The molecule has 1 N–H and O–H groups in total. The lowest BCUT2D eigenvalue weighted by Gasteiger charge is -2.35. The molecule has 30 heavy (non-hydrogen) atoms. The van der Waals surface area contributed by atoms with Crippen LogP contribution in [0.3, 0.4) is 0 Å². The molecular formula is C23H24N4O3. The average molecular weight is 404 g/mol. The van der Waals surface area contributed by atoms with Crippen molar-refractivity contribution >= 4 is 16.6 Å². The molecule has 0 amide bonds. The lowest BCUT2D eigenvalue weighted by Crippen LogP contribution is -2.46. The molecular weight excluding hydrogens is 380 g/mol. The summed E-state index contributed by atoms with van der Waals surface area (Å²) in [4.78, 5) is 6.90. The molecule has 0 aliphatic carbocycles. The van der Waals surface area contributed by atoms with E-state index in [9.17, 15) is 5.26 Å². The van der Waals surface area contributed by atoms with Gasteiger partial charge in [-0.15, -0.1) is 0 Å². The summed E-state index contributed by atoms with van der Waals surface area (Å²) in [6, 6.07) is 14.3. The first kappa shape index (κ1) is 19.8. The molecule has 1 saturated heterocycles. The molecule has 4 rings (SSSR count). The minimum atomic E-state index is 0.164. The van der Waals surface area contributed by atoms with Gasteiger partial charge >= 0.3 is 0 Å². The topological polar surface area (TPSA) is 79.6 Å². The lowest BCUT2D eigenvalue weighted by atomic mass is 10.0. The number of ether oxygens (including phenoxy) is 3.